The molecule has 24 heavy (non-hydrogen) atoms. The fraction of sp³-hybridized carbons (Fsp3) is 0.375. The number of benzene rings is 1. The molecule has 1 aliphatic rings. The molecule has 2 N–H and O–H groups in total. The minimum atomic E-state index is -0.306. The van der Waals surface area contributed by atoms with E-state index < -0.39 is 0 Å². The lowest BCUT2D eigenvalue weighted by atomic mass is 10.1. The van der Waals surface area contributed by atoms with Gasteiger partial charge < -0.3 is 10.6 Å². The first-order chi connectivity index (χ1) is 11.5. The third kappa shape index (κ3) is 3.56. The van der Waals surface area contributed by atoms with Crippen molar-refractivity contribution in [3.05, 3.63) is 29.5 Å². The summed E-state index contributed by atoms with van der Waals surface area (Å²) >= 11 is 5.99. The number of amides is 3. The normalized spacial score (nSPS) is 15.7. The molecule has 3 amide bonds. The summed E-state index contributed by atoms with van der Waals surface area (Å²) in [6, 6.07) is 5.32. The molecular formula is C16H18ClN5O2. The number of hydrogen-bond donors (Lipinski definition) is 2. The quantitative estimate of drug-likeness (QED) is 0.783. The van der Waals surface area contributed by atoms with E-state index in [1.54, 1.807) is 12.1 Å². The molecule has 0 aliphatic carbocycles. The number of hydrogen-bond acceptors (Lipinski definition) is 5. The summed E-state index contributed by atoms with van der Waals surface area (Å²) in [5.74, 6) is 0.582. The van der Waals surface area contributed by atoms with Gasteiger partial charge in [0, 0.05) is 23.0 Å². The molecule has 1 aromatic heterocycles. The van der Waals surface area contributed by atoms with Crippen molar-refractivity contribution >= 4 is 40.3 Å². The molecule has 0 bridgehead atoms. The van der Waals surface area contributed by atoms with Crippen LogP contribution in [0.1, 0.15) is 19.8 Å². The minimum absolute atomic E-state index is 0.0993. The average Bonchev–Trinajstić information content (AvgIpc) is 2.86. The van der Waals surface area contributed by atoms with Crippen LogP contribution in [0.25, 0.3) is 10.9 Å². The highest BCUT2D eigenvalue weighted by Gasteiger charge is 2.27. The highest BCUT2D eigenvalue weighted by atomic mass is 35.5. The number of halogens is 1. The summed E-state index contributed by atoms with van der Waals surface area (Å²) < 4.78 is 0. The predicted octanol–water partition coefficient (Wildman–Crippen LogP) is 2.42. The van der Waals surface area contributed by atoms with Crippen LogP contribution >= 0.6 is 11.6 Å². The molecule has 3 rings (SSSR count). The Bertz CT molecular complexity index is 766. The number of carbonyl (C=O) groups excluding carboxylic acids is 2. The predicted molar refractivity (Wildman–Crippen MR) is 92.0 cm³/mol. The number of carbonyl (C=O) groups is 2. The maximum absolute atomic E-state index is 11.5. The lowest BCUT2D eigenvalue weighted by Crippen LogP contribution is -2.32. The van der Waals surface area contributed by atoms with E-state index in [1.165, 1.54) is 11.2 Å². The van der Waals surface area contributed by atoms with Gasteiger partial charge in [0.15, 0.2) is 0 Å². The van der Waals surface area contributed by atoms with Crippen LogP contribution < -0.4 is 10.6 Å². The van der Waals surface area contributed by atoms with Gasteiger partial charge in [0.1, 0.15) is 12.1 Å². The van der Waals surface area contributed by atoms with E-state index in [4.69, 9.17) is 11.6 Å². The van der Waals surface area contributed by atoms with E-state index in [0.29, 0.717) is 11.6 Å². The zero-order valence-electron chi connectivity index (χ0n) is 13.3. The molecule has 0 radical (unpaired) electrons. The first kappa shape index (κ1) is 16.4. The molecule has 1 fully saturated rings. The lowest BCUT2D eigenvalue weighted by Gasteiger charge is -2.17. The molecule has 1 saturated heterocycles. The van der Waals surface area contributed by atoms with Gasteiger partial charge in [-0.3, -0.25) is 9.69 Å². The molecule has 2 aromatic rings. The molecule has 8 heteroatoms. The van der Waals surface area contributed by atoms with Crippen LogP contribution in [0.5, 0.6) is 0 Å². The fourth-order valence-electron chi connectivity index (χ4n) is 2.69. The number of aromatic nitrogens is 2. The van der Waals surface area contributed by atoms with Crippen LogP contribution in [-0.4, -0.2) is 45.9 Å². The van der Waals surface area contributed by atoms with Crippen molar-refractivity contribution in [3.63, 3.8) is 0 Å². The van der Waals surface area contributed by atoms with Crippen molar-refractivity contribution in [1.29, 1.82) is 0 Å². The number of fused-ring (bicyclic) bond motifs is 1. The summed E-state index contributed by atoms with van der Waals surface area (Å²) in [4.78, 5) is 32.8. The van der Waals surface area contributed by atoms with E-state index >= 15 is 0 Å². The van der Waals surface area contributed by atoms with Gasteiger partial charge in [-0.1, -0.05) is 11.6 Å². The number of urea groups is 1. The maximum atomic E-state index is 11.5. The molecule has 1 aromatic carbocycles. The van der Waals surface area contributed by atoms with Crippen LogP contribution in [0.2, 0.25) is 5.02 Å². The van der Waals surface area contributed by atoms with Crippen LogP contribution in [0, 0.1) is 0 Å². The molecule has 2 heterocycles. The lowest BCUT2D eigenvalue weighted by molar-refractivity contribution is -0.125. The van der Waals surface area contributed by atoms with Gasteiger partial charge in [-0.15, -0.1) is 0 Å². The first-order valence-electron chi connectivity index (χ1n) is 7.79. The van der Waals surface area contributed by atoms with Crippen molar-refractivity contribution in [3.8, 4) is 0 Å². The van der Waals surface area contributed by atoms with Gasteiger partial charge in [0.25, 0.3) is 0 Å². The Hall–Kier alpha value is -2.41. The van der Waals surface area contributed by atoms with Gasteiger partial charge in [0.05, 0.1) is 12.1 Å². The SMILES string of the molecule is C[C@@H](CCCN1C(=O)CNC1=O)Nc1ncnc2cc(Cl)ccc12. The number of anilines is 1. The van der Waals surface area contributed by atoms with Crippen molar-refractivity contribution in [2.24, 2.45) is 0 Å². The first-order valence-corrected chi connectivity index (χ1v) is 8.17. The Balaban J connectivity index is 1.58. The third-order valence-electron chi connectivity index (χ3n) is 3.94. The van der Waals surface area contributed by atoms with Gasteiger partial charge >= 0.3 is 6.03 Å². The van der Waals surface area contributed by atoms with Crippen molar-refractivity contribution in [2.45, 2.75) is 25.8 Å². The number of nitrogens with zero attached hydrogens (tertiary/aromatic N) is 3. The Morgan fingerprint density at radius 2 is 2.21 bits per heavy atom. The number of imide groups is 1. The van der Waals surface area contributed by atoms with E-state index in [1.807, 2.05) is 13.0 Å². The Morgan fingerprint density at radius 3 is 2.96 bits per heavy atom. The smallest absolute Gasteiger partial charge is 0.324 e. The zero-order chi connectivity index (χ0) is 17.1. The Labute approximate surface area is 144 Å². The molecule has 0 spiro atoms. The van der Waals surface area contributed by atoms with Crippen LogP contribution in [0.15, 0.2) is 24.5 Å². The van der Waals surface area contributed by atoms with E-state index in [9.17, 15) is 9.59 Å². The zero-order valence-corrected chi connectivity index (χ0v) is 14.0. The standard InChI is InChI=1S/C16H18ClN5O2/c1-10(3-2-6-22-14(23)8-18-16(22)24)21-15-12-5-4-11(17)7-13(12)19-9-20-15/h4-5,7,9-10H,2-3,6,8H2,1H3,(H,18,24)(H,19,20,21)/t10-/m0/s1. The van der Waals surface area contributed by atoms with E-state index in [2.05, 4.69) is 20.6 Å². The summed E-state index contributed by atoms with van der Waals surface area (Å²) in [6.45, 7) is 2.56. The van der Waals surface area contributed by atoms with Gasteiger partial charge in [-0.25, -0.2) is 14.8 Å². The van der Waals surface area contributed by atoms with Gasteiger partial charge in [-0.2, -0.15) is 0 Å². The summed E-state index contributed by atoms with van der Waals surface area (Å²) in [6.07, 6.45) is 3.03. The van der Waals surface area contributed by atoms with Gasteiger partial charge in [0.2, 0.25) is 5.91 Å². The maximum Gasteiger partial charge on any atom is 0.324 e. The summed E-state index contributed by atoms with van der Waals surface area (Å²) in [5, 5.41) is 7.41. The number of nitrogens with one attached hydrogen (secondary N) is 2. The van der Waals surface area contributed by atoms with Crippen LogP contribution in [-0.2, 0) is 4.79 Å². The Morgan fingerprint density at radius 1 is 1.38 bits per heavy atom. The minimum Gasteiger partial charge on any atom is -0.367 e. The fourth-order valence-corrected chi connectivity index (χ4v) is 2.85. The van der Waals surface area contributed by atoms with Crippen molar-refractivity contribution in [2.75, 3.05) is 18.4 Å². The molecule has 0 saturated carbocycles. The summed E-state index contributed by atoms with van der Waals surface area (Å²) in [7, 11) is 0. The molecule has 7 nitrogen and oxygen atoms in total. The highest BCUT2D eigenvalue weighted by Crippen LogP contribution is 2.23. The second-order valence-electron chi connectivity index (χ2n) is 5.78. The topological polar surface area (TPSA) is 87.2 Å². The average molecular weight is 348 g/mol. The highest BCUT2D eigenvalue weighted by molar-refractivity contribution is 6.31. The molecular weight excluding hydrogens is 330 g/mol. The molecule has 126 valence electrons. The van der Waals surface area contributed by atoms with Crippen LogP contribution in [0.3, 0.4) is 0 Å². The van der Waals surface area contributed by atoms with Crippen molar-refractivity contribution < 1.29 is 9.59 Å². The van der Waals surface area contributed by atoms with Crippen molar-refractivity contribution in [1.82, 2.24) is 20.2 Å². The monoisotopic (exact) mass is 347 g/mol. The van der Waals surface area contributed by atoms with E-state index in [-0.39, 0.29) is 24.5 Å². The molecule has 1 aliphatic heterocycles. The second-order valence-corrected chi connectivity index (χ2v) is 6.21. The second kappa shape index (κ2) is 7.00. The van der Waals surface area contributed by atoms with E-state index in [0.717, 1.165) is 29.6 Å². The Kier molecular flexibility index (Phi) is 4.80. The van der Waals surface area contributed by atoms with Crippen LogP contribution in [0.4, 0.5) is 10.6 Å². The number of rotatable bonds is 6. The van der Waals surface area contributed by atoms with Gasteiger partial charge in [-0.05, 0) is 38.0 Å². The molecule has 0 unspecified atom stereocenters. The summed E-state index contributed by atoms with van der Waals surface area (Å²) in [5.41, 5.74) is 0.784. The largest absolute Gasteiger partial charge is 0.367 e. The molecule has 1 atom stereocenters. The third-order valence-corrected chi connectivity index (χ3v) is 4.17.